The van der Waals surface area contributed by atoms with Crippen LogP contribution in [0.25, 0.3) is 0 Å². The molecule has 1 fully saturated rings. The van der Waals surface area contributed by atoms with E-state index >= 15 is 0 Å². The minimum atomic E-state index is 0.251. The van der Waals surface area contributed by atoms with Crippen LogP contribution in [0.1, 0.15) is 57.2 Å². The number of hydrazine groups is 1. The van der Waals surface area contributed by atoms with Gasteiger partial charge in [0.2, 0.25) is 0 Å². The lowest BCUT2D eigenvalue weighted by Crippen LogP contribution is -2.31. The number of aryl methyl sites for hydroxylation is 1. The van der Waals surface area contributed by atoms with Gasteiger partial charge in [0.05, 0.1) is 11.7 Å². The first kappa shape index (κ1) is 12.6. The third kappa shape index (κ3) is 3.07. The van der Waals surface area contributed by atoms with Crippen molar-refractivity contribution in [2.75, 3.05) is 0 Å². The molecule has 1 saturated carbocycles. The molecule has 17 heavy (non-hydrogen) atoms. The predicted molar refractivity (Wildman–Crippen MR) is 69.2 cm³/mol. The first-order valence-electron chi connectivity index (χ1n) is 6.83. The van der Waals surface area contributed by atoms with E-state index in [-0.39, 0.29) is 6.04 Å². The number of nitrogens with one attached hydrogen (secondary N) is 1. The fraction of sp³-hybridized carbons (Fsp3) is 0.769. The molecule has 0 saturated heterocycles. The summed E-state index contributed by atoms with van der Waals surface area (Å²) in [7, 11) is 0. The number of hydrogen-bond donors (Lipinski definition) is 2. The van der Waals surface area contributed by atoms with Gasteiger partial charge in [0.1, 0.15) is 0 Å². The van der Waals surface area contributed by atoms with Crippen LogP contribution in [0.2, 0.25) is 0 Å². The second kappa shape index (κ2) is 6.17. The number of hydrogen-bond acceptors (Lipinski definition) is 3. The van der Waals surface area contributed by atoms with Crippen molar-refractivity contribution >= 4 is 0 Å². The first-order valence-corrected chi connectivity index (χ1v) is 6.83. The Balaban J connectivity index is 2.00. The molecule has 1 aliphatic carbocycles. The molecule has 4 heteroatoms. The molecule has 0 aliphatic heterocycles. The number of rotatable bonds is 5. The van der Waals surface area contributed by atoms with Crippen LogP contribution in [0, 0.1) is 5.92 Å². The second-order valence-electron chi connectivity index (χ2n) is 5.03. The van der Waals surface area contributed by atoms with Crippen LogP contribution in [0.15, 0.2) is 12.3 Å². The van der Waals surface area contributed by atoms with E-state index in [2.05, 4.69) is 23.5 Å². The topological polar surface area (TPSA) is 55.9 Å². The van der Waals surface area contributed by atoms with Crippen LogP contribution < -0.4 is 11.3 Å². The van der Waals surface area contributed by atoms with Crippen LogP contribution in [0.3, 0.4) is 0 Å². The molecule has 4 nitrogen and oxygen atoms in total. The second-order valence-corrected chi connectivity index (χ2v) is 5.03. The lowest BCUT2D eigenvalue weighted by Gasteiger charge is -2.26. The van der Waals surface area contributed by atoms with Gasteiger partial charge in [-0.2, -0.15) is 5.10 Å². The van der Waals surface area contributed by atoms with Crippen LogP contribution in [-0.4, -0.2) is 9.78 Å². The smallest absolute Gasteiger partial charge is 0.0631 e. The molecule has 2 rings (SSSR count). The molecular formula is C13H24N4. The summed E-state index contributed by atoms with van der Waals surface area (Å²) in [5.74, 6) is 6.54. The van der Waals surface area contributed by atoms with E-state index in [0.29, 0.717) is 0 Å². The molecule has 0 bridgehead atoms. The zero-order valence-corrected chi connectivity index (χ0v) is 10.7. The summed E-state index contributed by atoms with van der Waals surface area (Å²) < 4.78 is 2.04. The maximum absolute atomic E-state index is 5.71. The largest absolute Gasteiger partial charge is 0.271 e. The lowest BCUT2D eigenvalue weighted by molar-refractivity contribution is 0.294. The van der Waals surface area contributed by atoms with Crippen molar-refractivity contribution in [1.82, 2.24) is 15.2 Å². The summed E-state index contributed by atoms with van der Waals surface area (Å²) >= 11 is 0. The highest BCUT2D eigenvalue weighted by atomic mass is 15.3. The standard InChI is InChI=1S/C13H24N4/c1-2-17-13(8-9-15-17)12(16-14)10-11-6-4-3-5-7-11/h8-9,11-12,16H,2-7,10,14H2,1H3. The molecule has 1 aliphatic rings. The van der Waals surface area contributed by atoms with Gasteiger partial charge in [0.15, 0.2) is 0 Å². The molecular weight excluding hydrogens is 212 g/mol. The highest BCUT2D eigenvalue weighted by Crippen LogP contribution is 2.31. The molecule has 0 amide bonds. The third-order valence-electron chi connectivity index (χ3n) is 3.90. The van der Waals surface area contributed by atoms with Crippen molar-refractivity contribution in [2.24, 2.45) is 11.8 Å². The van der Waals surface area contributed by atoms with E-state index < -0.39 is 0 Å². The van der Waals surface area contributed by atoms with E-state index in [1.807, 2.05) is 10.9 Å². The van der Waals surface area contributed by atoms with Crippen LogP contribution >= 0.6 is 0 Å². The summed E-state index contributed by atoms with van der Waals surface area (Å²) in [5.41, 5.74) is 4.19. The molecule has 1 heterocycles. The maximum Gasteiger partial charge on any atom is 0.0631 e. The zero-order valence-electron chi connectivity index (χ0n) is 10.7. The van der Waals surface area contributed by atoms with Crippen LogP contribution in [-0.2, 0) is 6.54 Å². The van der Waals surface area contributed by atoms with Crippen molar-refractivity contribution in [3.8, 4) is 0 Å². The minimum absolute atomic E-state index is 0.251. The molecule has 3 N–H and O–H groups in total. The summed E-state index contributed by atoms with van der Waals surface area (Å²) in [6, 6.07) is 2.33. The Bertz CT molecular complexity index is 328. The average molecular weight is 236 g/mol. The van der Waals surface area contributed by atoms with Crippen molar-refractivity contribution in [3.05, 3.63) is 18.0 Å². The molecule has 0 spiro atoms. The minimum Gasteiger partial charge on any atom is -0.271 e. The van der Waals surface area contributed by atoms with Crippen molar-refractivity contribution < 1.29 is 0 Å². The Morgan fingerprint density at radius 1 is 1.47 bits per heavy atom. The Kier molecular flexibility index (Phi) is 4.57. The first-order chi connectivity index (χ1) is 8.35. The molecule has 1 aromatic heterocycles. The van der Waals surface area contributed by atoms with Gasteiger partial charge in [0, 0.05) is 12.7 Å². The van der Waals surface area contributed by atoms with Crippen molar-refractivity contribution in [1.29, 1.82) is 0 Å². The fourth-order valence-corrected chi connectivity index (χ4v) is 2.93. The maximum atomic E-state index is 5.71. The van der Waals surface area contributed by atoms with Crippen LogP contribution in [0.5, 0.6) is 0 Å². The van der Waals surface area contributed by atoms with Crippen molar-refractivity contribution in [2.45, 2.75) is 58.0 Å². The summed E-state index contributed by atoms with van der Waals surface area (Å²) in [5, 5.41) is 4.32. The third-order valence-corrected chi connectivity index (χ3v) is 3.90. The SMILES string of the molecule is CCn1nccc1C(CC1CCCCC1)NN. The molecule has 1 aromatic rings. The van der Waals surface area contributed by atoms with E-state index in [0.717, 1.165) is 18.9 Å². The predicted octanol–water partition coefficient (Wildman–Crippen LogP) is 2.38. The molecule has 1 unspecified atom stereocenters. The van der Waals surface area contributed by atoms with Gasteiger partial charge in [-0.05, 0) is 25.3 Å². The molecule has 96 valence electrons. The average Bonchev–Trinajstić information content (AvgIpc) is 2.85. The quantitative estimate of drug-likeness (QED) is 0.609. The monoisotopic (exact) mass is 236 g/mol. The van der Waals surface area contributed by atoms with E-state index in [9.17, 15) is 0 Å². The highest BCUT2D eigenvalue weighted by molar-refractivity contribution is 5.07. The molecule has 1 atom stereocenters. The molecule has 0 aromatic carbocycles. The van der Waals surface area contributed by atoms with E-state index in [4.69, 9.17) is 5.84 Å². The summed E-state index contributed by atoms with van der Waals surface area (Å²) in [6.45, 7) is 3.02. The van der Waals surface area contributed by atoms with E-state index in [1.165, 1.54) is 37.8 Å². The lowest BCUT2D eigenvalue weighted by atomic mass is 9.84. The Morgan fingerprint density at radius 2 is 2.24 bits per heavy atom. The summed E-state index contributed by atoms with van der Waals surface area (Å²) in [4.78, 5) is 0. The van der Waals surface area contributed by atoms with Gasteiger partial charge in [-0.1, -0.05) is 32.1 Å². The number of nitrogens with two attached hydrogens (primary N) is 1. The van der Waals surface area contributed by atoms with Gasteiger partial charge in [-0.15, -0.1) is 0 Å². The van der Waals surface area contributed by atoms with Gasteiger partial charge in [-0.25, -0.2) is 0 Å². The van der Waals surface area contributed by atoms with Gasteiger partial charge < -0.3 is 0 Å². The Hall–Kier alpha value is -0.870. The van der Waals surface area contributed by atoms with E-state index in [1.54, 1.807) is 0 Å². The van der Waals surface area contributed by atoms with Gasteiger partial charge in [0.25, 0.3) is 0 Å². The Morgan fingerprint density at radius 3 is 2.88 bits per heavy atom. The van der Waals surface area contributed by atoms with Crippen LogP contribution in [0.4, 0.5) is 0 Å². The molecule has 0 radical (unpaired) electrons. The summed E-state index contributed by atoms with van der Waals surface area (Å²) in [6.07, 6.45) is 9.90. The van der Waals surface area contributed by atoms with Gasteiger partial charge >= 0.3 is 0 Å². The fourth-order valence-electron chi connectivity index (χ4n) is 2.93. The zero-order chi connectivity index (χ0) is 12.1. The van der Waals surface area contributed by atoms with Gasteiger partial charge in [-0.3, -0.25) is 16.0 Å². The Labute approximate surface area is 104 Å². The normalized spacial score (nSPS) is 19.4. The highest BCUT2D eigenvalue weighted by Gasteiger charge is 2.21. The number of nitrogens with zero attached hydrogens (tertiary/aromatic N) is 2. The number of aromatic nitrogens is 2. The van der Waals surface area contributed by atoms with Crippen molar-refractivity contribution in [3.63, 3.8) is 0 Å².